The Kier molecular flexibility index (Phi) is 3.06. The second kappa shape index (κ2) is 4.31. The summed E-state index contributed by atoms with van der Waals surface area (Å²) < 4.78 is 13.1. The summed E-state index contributed by atoms with van der Waals surface area (Å²) in [5.41, 5.74) is 8.21. The Bertz CT molecular complexity index is 348. The summed E-state index contributed by atoms with van der Waals surface area (Å²) in [6.45, 7) is 2.05. The van der Waals surface area contributed by atoms with E-state index in [0.717, 1.165) is 24.8 Å². The first-order chi connectivity index (χ1) is 7.15. The number of halogens is 1. The third-order valence-electron chi connectivity index (χ3n) is 3.40. The molecule has 0 bridgehead atoms. The number of rotatable bonds is 2. The molecule has 1 aromatic rings. The molecule has 2 rings (SSSR count). The van der Waals surface area contributed by atoms with Gasteiger partial charge >= 0.3 is 0 Å². The molecule has 0 amide bonds. The lowest BCUT2D eigenvalue weighted by molar-refractivity contribution is 0.530. The van der Waals surface area contributed by atoms with E-state index in [1.165, 1.54) is 18.1 Å². The van der Waals surface area contributed by atoms with Crippen LogP contribution in [0.3, 0.4) is 0 Å². The lowest BCUT2D eigenvalue weighted by atomic mass is 9.95. The van der Waals surface area contributed by atoms with E-state index in [1.54, 1.807) is 6.07 Å². The van der Waals surface area contributed by atoms with Gasteiger partial charge in [-0.15, -0.1) is 0 Å². The van der Waals surface area contributed by atoms with Crippen molar-refractivity contribution in [2.45, 2.75) is 38.6 Å². The minimum absolute atomic E-state index is 0.127. The minimum Gasteiger partial charge on any atom is -0.328 e. The average molecular weight is 207 g/mol. The smallest absolute Gasteiger partial charge is 0.123 e. The molecule has 1 aliphatic carbocycles. The van der Waals surface area contributed by atoms with Crippen molar-refractivity contribution < 1.29 is 4.39 Å². The standard InChI is InChI=1S/C13H18FN/c1-9-2-4-12(14)8-11(9)6-10-3-5-13(15)7-10/h2,4,8,10,13H,3,5-7,15H2,1H3. The zero-order valence-corrected chi connectivity index (χ0v) is 9.17. The molecule has 1 nitrogen and oxygen atoms in total. The zero-order chi connectivity index (χ0) is 10.8. The van der Waals surface area contributed by atoms with Gasteiger partial charge in [-0.1, -0.05) is 6.07 Å². The fraction of sp³-hybridized carbons (Fsp3) is 0.538. The third-order valence-corrected chi connectivity index (χ3v) is 3.40. The van der Waals surface area contributed by atoms with Crippen LogP contribution in [0.2, 0.25) is 0 Å². The van der Waals surface area contributed by atoms with Gasteiger partial charge in [0.2, 0.25) is 0 Å². The summed E-state index contributed by atoms with van der Waals surface area (Å²) in [7, 11) is 0. The lowest BCUT2D eigenvalue weighted by Gasteiger charge is -2.11. The van der Waals surface area contributed by atoms with E-state index in [0.29, 0.717) is 12.0 Å². The summed E-state index contributed by atoms with van der Waals surface area (Å²) in [4.78, 5) is 0. The molecule has 15 heavy (non-hydrogen) atoms. The Morgan fingerprint density at radius 3 is 2.87 bits per heavy atom. The van der Waals surface area contributed by atoms with Gasteiger partial charge in [0.1, 0.15) is 5.82 Å². The van der Waals surface area contributed by atoms with Gasteiger partial charge in [0.05, 0.1) is 0 Å². The average Bonchev–Trinajstić information content (AvgIpc) is 2.58. The summed E-state index contributed by atoms with van der Waals surface area (Å²) in [5.74, 6) is 0.526. The van der Waals surface area contributed by atoms with E-state index in [1.807, 2.05) is 13.0 Å². The van der Waals surface area contributed by atoms with Gasteiger partial charge in [-0.2, -0.15) is 0 Å². The Balaban J connectivity index is 2.07. The maximum atomic E-state index is 13.1. The predicted molar refractivity (Wildman–Crippen MR) is 60.2 cm³/mol. The highest BCUT2D eigenvalue weighted by molar-refractivity contribution is 5.27. The molecule has 1 aromatic carbocycles. The zero-order valence-electron chi connectivity index (χ0n) is 9.17. The normalized spacial score (nSPS) is 25.8. The SMILES string of the molecule is Cc1ccc(F)cc1CC1CCC(N)C1. The second-order valence-electron chi connectivity index (χ2n) is 4.71. The second-order valence-corrected chi connectivity index (χ2v) is 4.71. The number of hydrogen-bond acceptors (Lipinski definition) is 1. The van der Waals surface area contributed by atoms with E-state index in [-0.39, 0.29) is 5.82 Å². The van der Waals surface area contributed by atoms with Crippen LogP contribution in [-0.2, 0) is 6.42 Å². The molecule has 0 radical (unpaired) electrons. The highest BCUT2D eigenvalue weighted by atomic mass is 19.1. The van der Waals surface area contributed by atoms with Crippen LogP contribution in [0, 0.1) is 18.7 Å². The summed E-state index contributed by atoms with van der Waals surface area (Å²) in [6, 6.07) is 5.42. The van der Waals surface area contributed by atoms with Gasteiger partial charge in [-0.25, -0.2) is 4.39 Å². The molecule has 1 fully saturated rings. The third kappa shape index (κ3) is 2.57. The Labute approximate surface area is 90.5 Å². The first kappa shape index (κ1) is 10.6. The quantitative estimate of drug-likeness (QED) is 0.793. The maximum absolute atomic E-state index is 13.1. The Hall–Kier alpha value is -0.890. The van der Waals surface area contributed by atoms with Crippen LogP contribution in [-0.4, -0.2) is 6.04 Å². The molecule has 0 heterocycles. The van der Waals surface area contributed by atoms with Crippen molar-refractivity contribution in [2.75, 3.05) is 0 Å². The fourth-order valence-electron chi connectivity index (χ4n) is 2.47. The summed E-state index contributed by atoms with van der Waals surface area (Å²) in [6.07, 6.45) is 4.39. The van der Waals surface area contributed by atoms with Crippen LogP contribution in [0.25, 0.3) is 0 Å². The van der Waals surface area contributed by atoms with Crippen LogP contribution in [0.1, 0.15) is 30.4 Å². The number of hydrogen-bond donors (Lipinski definition) is 1. The number of aryl methyl sites for hydroxylation is 1. The molecule has 0 aliphatic heterocycles. The highest BCUT2D eigenvalue weighted by Crippen LogP contribution is 2.28. The van der Waals surface area contributed by atoms with E-state index in [4.69, 9.17) is 5.73 Å². The first-order valence-corrected chi connectivity index (χ1v) is 5.66. The number of nitrogens with two attached hydrogens (primary N) is 1. The van der Waals surface area contributed by atoms with Crippen molar-refractivity contribution in [3.8, 4) is 0 Å². The van der Waals surface area contributed by atoms with Gasteiger partial charge in [0.15, 0.2) is 0 Å². The van der Waals surface area contributed by atoms with Crippen LogP contribution < -0.4 is 5.73 Å². The van der Waals surface area contributed by atoms with Gasteiger partial charge in [-0.05, 0) is 61.8 Å². The number of benzene rings is 1. The van der Waals surface area contributed by atoms with E-state index >= 15 is 0 Å². The molecular formula is C13H18FN. The maximum Gasteiger partial charge on any atom is 0.123 e. The van der Waals surface area contributed by atoms with Crippen LogP contribution >= 0.6 is 0 Å². The largest absolute Gasteiger partial charge is 0.328 e. The van der Waals surface area contributed by atoms with Crippen molar-refractivity contribution in [3.63, 3.8) is 0 Å². The molecule has 82 valence electrons. The summed E-state index contributed by atoms with van der Waals surface area (Å²) >= 11 is 0. The van der Waals surface area contributed by atoms with Gasteiger partial charge in [-0.3, -0.25) is 0 Å². The Morgan fingerprint density at radius 2 is 2.20 bits per heavy atom. The van der Waals surface area contributed by atoms with E-state index in [9.17, 15) is 4.39 Å². The minimum atomic E-state index is -0.127. The first-order valence-electron chi connectivity index (χ1n) is 5.66. The van der Waals surface area contributed by atoms with Crippen molar-refractivity contribution in [1.82, 2.24) is 0 Å². The topological polar surface area (TPSA) is 26.0 Å². The molecule has 0 aromatic heterocycles. The van der Waals surface area contributed by atoms with Gasteiger partial charge in [0, 0.05) is 6.04 Å². The van der Waals surface area contributed by atoms with E-state index in [2.05, 4.69) is 0 Å². The molecule has 1 saturated carbocycles. The molecule has 1 aliphatic rings. The highest BCUT2D eigenvalue weighted by Gasteiger charge is 2.22. The predicted octanol–water partition coefficient (Wildman–Crippen LogP) is 2.80. The van der Waals surface area contributed by atoms with Crippen molar-refractivity contribution in [2.24, 2.45) is 11.7 Å². The molecular weight excluding hydrogens is 189 g/mol. The van der Waals surface area contributed by atoms with Gasteiger partial charge in [0.25, 0.3) is 0 Å². The molecule has 2 heteroatoms. The fourth-order valence-corrected chi connectivity index (χ4v) is 2.47. The molecule has 0 spiro atoms. The van der Waals surface area contributed by atoms with Crippen LogP contribution in [0.4, 0.5) is 4.39 Å². The van der Waals surface area contributed by atoms with E-state index < -0.39 is 0 Å². The van der Waals surface area contributed by atoms with Crippen LogP contribution in [0.5, 0.6) is 0 Å². The molecule has 2 unspecified atom stereocenters. The molecule has 2 atom stereocenters. The van der Waals surface area contributed by atoms with Crippen molar-refractivity contribution in [3.05, 3.63) is 35.1 Å². The monoisotopic (exact) mass is 207 g/mol. The molecule has 2 N–H and O–H groups in total. The summed E-state index contributed by atoms with van der Waals surface area (Å²) in [5, 5.41) is 0. The lowest BCUT2D eigenvalue weighted by Crippen LogP contribution is -2.15. The van der Waals surface area contributed by atoms with Crippen molar-refractivity contribution >= 4 is 0 Å². The van der Waals surface area contributed by atoms with Crippen molar-refractivity contribution in [1.29, 1.82) is 0 Å². The Morgan fingerprint density at radius 1 is 1.40 bits per heavy atom. The van der Waals surface area contributed by atoms with Crippen LogP contribution in [0.15, 0.2) is 18.2 Å². The van der Waals surface area contributed by atoms with Gasteiger partial charge < -0.3 is 5.73 Å². The molecule has 0 saturated heterocycles.